The molecular formula is C17H21BF2N2O5. The van der Waals surface area contributed by atoms with Crippen LogP contribution in [0.3, 0.4) is 0 Å². The van der Waals surface area contributed by atoms with Gasteiger partial charge in [-0.2, -0.15) is 0 Å². The van der Waals surface area contributed by atoms with E-state index in [4.69, 9.17) is 15.1 Å². The van der Waals surface area contributed by atoms with E-state index in [9.17, 15) is 23.7 Å². The third-order valence-corrected chi connectivity index (χ3v) is 5.31. The molecule has 0 aromatic heterocycles. The molecule has 0 atom stereocenters. The lowest BCUT2D eigenvalue weighted by molar-refractivity contribution is -0.136. The standard InChI is InChI=1S/C17H21BF2N2O5/c19-17(20)7-16(21,8-17)9-22-5-11(6-22)26-12-2-1-10-3-4-18(25)27-14(10)13(12)15(23)24/h1-2,11,25H,3-9,21H2,(H,23,24). The molecular weight excluding hydrogens is 361 g/mol. The van der Waals surface area contributed by atoms with E-state index in [0.29, 0.717) is 32.4 Å². The second-order valence-electron chi connectivity index (χ2n) is 7.85. The number of halogens is 2. The van der Waals surface area contributed by atoms with Gasteiger partial charge in [0.25, 0.3) is 5.92 Å². The molecule has 1 aromatic carbocycles. The van der Waals surface area contributed by atoms with E-state index < -0.39 is 24.5 Å². The Morgan fingerprint density at radius 1 is 1.41 bits per heavy atom. The summed E-state index contributed by atoms with van der Waals surface area (Å²) in [4.78, 5) is 13.6. The lowest BCUT2D eigenvalue weighted by atomic mass is 9.73. The first-order chi connectivity index (χ1) is 12.6. The van der Waals surface area contributed by atoms with Gasteiger partial charge in [0.15, 0.2) is 0 Å². The summed E-state index contributed by atoms with van der Waals surface area (Å²) in [6.45, 7) is 1.35. The molecule has 1 aromatic rings. The Morgan fingerprint density at radius 3 is 2.74 bits per heavy atom. The van der Waals surface area contributed by atoms with Crippen molar-refractivity contribution in [2.45, 2.75) is 43.1 Å². The van der Waals surface area contributed by atoms with Gasteiger partial charge >= 0.3 is 13.1 Å². The van der Waals surface area contributed by atoms with Crippen LogP contribution in [-0.4, -0.2) is 65.3 Å². The van der Waals surface area contributed by atoms with Gasteiger partial charge in [0.05, 0.1) is 0 Å². The quantitative estimate of drug-likeness (QED) is 0.653. The van der Waals surface area contributed by atoms with E-state index >= 15 is 0 Å². The molecule has 1 saturated carbocycles. The first-order valence-corrected chi connectivity index (χ1v) is 8.94. The lowest BCUT2D eigenvalue weighted by Gasteiger charge is -2.50. The molecule has 27 heavy (non-hydrogen) atoms. The molecule has 2 aliphatic heterocycles. The van der Waals surface area contributed by atoms with Crippen LogP contribution in [0.5, 0.6) is 11.5 Å². The van der Waals surface area contributed by atoms with Crippen molar-refractivity contribution in [3.05, 3.63) is 23.3 Å². The third-order valence-electron chi connectivity index (χ3n) is 5.31. The average molecular weight is 382 g/mol. The number of rotatable bonds is 5. The smallest absolute Gasteiger partial charge is 0.522 e. The summed E-state index contributed by atoms with van der Waals surface area (Å²) in [7, 11) is -1.04. The van der Waals surface area contributed by atoms with Crippen LogP contribution in [0.1, 0.15) is 28.8 Å². The van der Waals surface area contributed by atoms with Crippen molar-refractivity contribution < 1.29 is 33.1 Å². The highest BCUT2D eigenvalue weighted by molar-refractivity contribution is 6.44. The molecule has 1 aliphatic carbocycles. The fourth-order valence-corrected chi connectivity index (χ4v) is 4.16. The number of benzene rings is 1. The molecule has 0 bridgehead atoms. The predicted octanol–water partition coefficient (Wildman–Crippen LogP) is 0.990. The number of alkyl halides is 2. The van der Waals surface area contributed by atoms with Gasteiger partial charge in [-0.3, -0.25) is 4.90 Å². The Balaban J connectivity index is 1.40. The minimum absolute atomic E-state index is 0.0985. The molecule has 0 amide bonds. The van der Waals surface area contributed by atoms with E-state index in [-0.39, 0.29) is 36.0 Å². The number of nitrogens with zero attached hydrogens (tertiary/aromatic N) is 1. The Kier molecular flexibility index (Phi) is 4.32. The zero-order valence-electron chi connectivity index (χ0n) is 14.7. The van der Waals surface area contributed by atoms with E-state index in [0.717, 1.165) is 5.56 Å². The Morgan fingerprint density at radius 2 is 2.11 bits per heavy atom. The Labute approximate surface area is 155 Å². The molecule has 1 saturated heterocycles. The highest BCUT2D eigenvalue weighted by Crippen LogP contribution is 2.45. The third kappa shape index (κ3) is 3.61. The summed E-state index contributed by atoms with van der Waals surface area (Å²) in [5.74, 6) is -3.53. The Hall–Kier alpha value is -1.91. The fraction of sp³-hybridized carbons (Fsp3) is 0.588. The van der Waals surface area contributed by atoms with Crippen LogP contribution >= 0.6 is 0 Å². The van der Waals surface area contributed by atoms with Gasteiger partial charge in [0.1, 0.15) is 23.2 Å². The number of carboxylic acid groups (broad SMARTS) is 1. The number of aromatic carboxylic acids is 1. The van der Waals surface area contributed by atoms with Crippen LogP contribution in [0.4, 0.5) is 8.78 Å². The van der Waals surface area contributed by atoms with Crippen LogP contribution in [-0.2, 0) is 6.42 Å². The van der Waals surface area contributed by atoms with Gasteiger partial charge in [-0.25, -0.2) is 13.6 Å². The number of carboxylic acids is 1. The number of likely N-dealkylation sites (tertiary alicyclic amines) is 1. The van der Waals surface area contributed by atoms with E-state index in [1.54, 1.807) is 12.1 Å². The van der Waals surface area contributed by atoms with E-state index in [1.807, 2.05) is 4.90 Å². The molecule has 3 aliphatic rings. The zero-order valence-corrected chi connectivity index (χ0v) is 14.7. The largest absolute Gasteiger partial charge is 0.535 e. The van der Waals surface area contributed by atoms with Crippen molar-refractivity contribution in [3.8, 4) is 11.5 Å². The van der Waals surface area contributed by atoms with Crippen molar-refractivity contribution in [3.63, 3.8) is 0 Å². The number of nitrogens with two attached hydrogens (primary N) is 1. The van der Waals surface area contributed by atoms with Crippen molar-refractivity contribution >= 4 is 13.1 Å². The van der Waals surface area contributed by atoms with Gasteiger partial charge in [-0.05, 0) is 24.4 Å². The van der Waals surface area contributed by atoms with Gasteiger partial charge in [0.2, 0.25) is 0 Å². The summed E-state index contributed by atoms with van der Waals surface area (Å²) in [5.41, 5.74) is 5.72. The van der Waals surface area contributed by atoms with E-state index in [2.05, 4.69) is 0 Å². The minimum Gasteiger partial charge on any atom is -0.535 e. The summed E-state index contributed by atoms with van der Waals surface area (Å²) in [6.07, 6.45) is 0.0610. The lowest BCUT2D eigenvalue weighted by Crippen LogP contribution is -2.67. The highest BCUT2D eigenvalue weighted by atomic mass is 19.3. The normalized spacial score (nSPS) is 23.6. The molecule has 0 radical (unpaired) electrons. The number of ether oxygens (including phenoxy) is 1. The van der Waals surface area contributed by atoms with Gasteiger partial charge in [-0.1, -0.05) is 6.07 Å². The first-order valence-electron chi connectivity index (χ1n) is 8.94. The minimum atomic E-state index is -2.67. The fourth-order valence-electron chi connectivity index (χ4n) is 4.16. The molecule has 2 heterocycles. The van der Waals surface area contributed by atoms with Crippen LogP contribution in [0.2, 0.25) is 6.32 Å². The monoisotopic (exact) mass is 382 g/mol. The van der Waals surface area contributed by atoms with Gasteiger partial charge in [0, 0.05) is 38.0 Å². The van der Waals surface area contributed by atoms with Crippen molar-refractivity contribution in [1.29, 1.82) is 0 Å². The number of hydrogen-bond acceptors (Lipinski definition) is 6. The molecule has 146 valence electrons. The van der Waals surface area contributed by atoms with Crippen LogP contribution in [0.25, 0.3) is 0 Å². The zero-order chi connectivity index (χ0) is 19.4. The maximum Gasteiger partial charge on any atom is 0.522 e. The number of fused-ring (bicyclic) bond motifs is 1. The second-order valence-corrected chi connectivity index (χ2v) is 7.85. The summed E-state index contributed by atoms with van der Waals surface area (Å²) >= 11 is 0. The molecule has 0 spiro atoms. The molecule has 0 unspecified atom stereocenters. The molecule has 4 rings (SSSR count). The topological polar surface area (TPSA) is 105 Å². The van der Waals surface area contributed by atoms with Crippen molar-refractivity contribution in [1.82, 2.24) is 4.90 Å². The number of carbonyl (C=O) groups is 1. The average Bonchev–Trinajstić information content (AvgIpc) is 2.49. The molecule has 2 fully saturated rings. The molecule has 10 heteroatoms. The predicted molar refractivity (Wildman–Crippen MR) is 92.5 cm³/mol. The van der Waals surface area contributed by atoms with Crippen LogP contribution in [0.15, 0.2) is 12.1 Å². The van der Waals surface area contributed by atoms with Crippen LogP contribution < -0.4 is 15.1 Å². The van der Waals surface area contributed by atoms with Gasteiger partial charge < -0.3 is 25.3 Å². The van der Waals surface area contributed by atoms with Crippen LogP contribution in [0, 0.1) is 0 Å². The molecule has 4 N–H and O–H groups in total. The summed E-state index contributed by atoms with van der Waals surface area (Å²) in [5, 5.41) is 19.2. The summed E-state index contributed by atoms with van der Waals surface area (Å²) < 4.78 is 37.2. The Bertz CT molecular complexity index is 764. The van der Waals surface area contributed by atoms with Gasteiger partial charge in [-0.15, -0.1) is 0 Å². The maximum absolute atomic E-state index is 13.0. The second kappa shape index (κ2) is 6.32. The number of hydrogen-bond donors (Lipinski definition) is 3. The highest BCUT2D eigenvalue weighted by Gasteiger charge is 2.55. The molecule has 7 nitrogen and oxygen atoms in total. The summed E-state index contributed by atoms with van der Waals surface area (Å²) in [6, 6.07) is 3.34. The SMILES string of the molecule is NC1(CN2CC(Oc3ccc4c(c3C(=O)O)OB(O)CC4)C2)CC(F)(F)C1. The maximum atomic E-state index is 13.0. The van der Waals surface area contributed by atoms with E-state index in [1.165, 1.54) is 0 Å². The number of aryl methyl sites for hydroxylation is 1. The van der Waals surface area contributed by atoms with Crippen molar-refractivity contribution in [2.24, 2.45) is 5.73 Å². The first kappa shape index (κ1) is 18.5. The van der Waals surface area contributed by atoms with Crippen molar-refractivity contribution in [2.75, 3.05) is 19.6 Å².